The standard InChI is InChI=1S/9C5H7N.Ca.2H/c9*1-2-4-6-5-3-1;;;/h9*1-2,4H,3,5H2;;;. The van der Waals surface area contributed by atoms with Gasteiger partial charge in [0, 0.05) is 115 Å². The van der Waals surface area contributed by atoms with Gasteiger partial charge in [0.25, 0.3) is 0 Å². The molecule has 0 fully saturated rings. The van der Waals surface area contributed by atoms with Crippen LogP contribution in [0.15, 0.2) is 154 Å². The van der Waals surface area contributed by atoms with Crippen molar-refractivity contribution in [1.29, 1.82) is 0 Å². The molecular weight excluding hydrogens is 707 g/mol. The van der Waals surface area contributed by atoms with Gasteiger partial charge in [-0.3, -0.25) is 44.9 Å². The quantitative estimate of drug-likeness (QED) is 0.221. The molecule has 0 spiro atoms. The van der Waals surface area contributed by atoms with E-state index >= 15 is 0 Å². The summed E-state index contributed by atoms with van der Waals surface area (Å²) in [6.45, 7) is 8.84. The van der Waals surface area contributed by atoms with Gasteiger partial charge in [0.05, 0.1) is 0 Å². The van der Waals surface area contributed by atoms with E-state index in [1.54, 1.807) is 0 Å². The van der Waals surface area contributed by atoms with Crippen LogP contribution in [0.4, 0.5) is 0 Å². The van der Waals surface area contributed by atoms with Gasteiger partial charge in [-0.2, -0.15) is 0 Å². The summed E-state index contributed by atoms with van der Waals surface area (Å²) in [7, 11) is 0. The van der Waals surface area contributed by atoms with Crippen molar-refractivity contribution in [2.75, 3.05) is 58.9 Å². The molecule has 0 bridgehead atoms. The molecule has 9 aliphatic heterocycles. The average molecular weight is 772 g/mol. The van der Waals surface area contributed by atoms with Crippen LogP contribution in [-0.4, -0.2) is 153 Å². The van der Waals surface area contributed by atoms with E-state index in [0.29, 0.717) is 0 Å². The molecule has 10 heteroatoms. The Hall–Kier alpha value is -4.05. The number of allylic oxidation sites excluding steroid dienone is 9. The molecule has 9 aliphatic rings. The van der Waals surface area contributed by atoms with Crippen molar-refractivity contribution >= 4 is 93.7 Å². The zero-order chi connectivity index (χ0) is 38.2. The fourth-order valence-corrected chi connectivity index (χ4v) is 3.97. The molecule has 0 saturated heterocycles. The van der Waals surface area contributed by atoms with E-state index in [2.05, 4.69) is 99.6 Å². The Labute approximate surface area is 362 Å². The molecule has 0 atom stereocenters. The van der Waals surface area contributed by atoms with Gasteiger partial charge in [-0.1, -0.05) is 54.7 Å². The third-order valence-electron chi connectivity index (χ3n) is 6.77. The normalized spacial score (nSPS) is 18.3. The molecule has 9 heterocycles. The molecule has 0 unspecified atom stereocenters. The summed E-state index contributed by atoms with van der Waals surface area (Å²) in [5, 5.41) is 0. The monoisotopic (exact) mass is 771 g/mol. The van der Waals surface area contributed by atoms with Crippen LogP contribution in [0.2, 0.25) is 0 Å². The maximum atomic E-state index is 3.97. The van der Waals surface area contributed by atoms with E-state index in [1.165, 1.54) is 0 Å². The topological polar surface area (TPSA) is 111 Å². The molecule has 0 saturated carbocycles. The van der Waals surface area contributed by atoms with Gasteiger partial charge in [-0.15, -0.1) is 0 Å². The number of nitrogens with zero attached hydrogens (tertiary/aromatic N) is 9. The molecule has 0 aromatic carbocycles. The summed E-state index contributed by atoms with van der Waals surface area (Å²) < 4.78 is 0. The SMILES string of the molecule is C1=CCCN=C1.C1=CCCN=C1.C1=CCCN=C1.C1=CCCN=C1.C1=CCCN=C1.C1=CCCN=C1.C1=CCCN=C1.C1=CCCN=C1.C1=CCCN=C1.[CaH2]. The summed E-state index contributed by atoms with van der Waals surface area (Å²) >= 11 is 0. The Morgan fingerprint density at radius 2 is 0.291 bits per heavy atom. The molecule has 0 aromatic heterocycles. The van der Waals surface area contributed by atoms with Crippen LogP contribution >= 0.6 is 0 Å². The van der Waals surface area contributed by atoms with Crippen molar-refractivity contribution in [2.24, 2.45) is 44.9 Å². The molecule has 0 amide bonds. The Balaban J connectivity index is 0.000000595. The minimum atomic E-state index is 0. The van der Waals surface area contributed by atoms with Gasteiger partial charge in [0.2, 0.25) is 0 Å². The molecule has 9 rings (SSSR count). The first-order valence-electron chi connectivity index (χ1n) is 19.3. The fraction of sp³-hybridized carbons (Fsp3) is 0.400. The van der Waals surface area contributed by atoms with E-state index in [-0.39, 0.29) is 37.7 Å². The van der Waals surface area contributed by atoms with E-state index in [0.717, 1.165) is 117 Å². The summed E-state index contributed by atoms with van der Waals surface area (Å²) in [4.78, 5) is 35.7. The molecule has 0 aliphatic carbocycles. The Bertz CT molecular complexity index is 979. The Kier molecular flexibility index (Phi) is 44.4. The predicted molar refractivity (Wildman–Crippen MR) is 253 cm³/mol. The van der Waals surface area contributed by atoms with Crippen LogP contribution < -0.4 is 0 Å². The molecular formula is C45H65CaN9. The summed E-state index contributed by atoms with van der Waals surface area (Å²) in [6.07, 6.45) is 63.5. The summed E-state index contributed by atoms with van der Waals surface area (Å²) in [6, 6.07) is 0. The first-order chi connectivity index (χ1) is 27.0. The first kappa shape index (κ1) is 50.9. The molecule has 55 heavy (non-hydrogen) atoms. The van der Waals surface area contributed by atoms with Gasteiger partial charge in [0.15, 0.2) is 0 Å². The van der Waals surface area contributed by atoms with Gasteiger partial charge in [0.1, 0.15) is 0 Å². The second-order valence-electron chi connectivity index (χ2n) is 11.4. The number of dihydropyridines is 9. The van der Waals surface area contributed by atoms with Crippen LogP contribution in [0.25, 0.3) is 0 Å². The third kappa shape index (κ3) is 46.0. The van der Waals surface area contributed by atoms with Crippen molar-refractivity contribution in [3.8, 4) is 0 Å². The fourth-order valence-electron chi connectivity index (χ4n) is 3.97. The van der Waals surface area contributed by atoms with Crippen molar-refractivity contribution in [1.82, 2.24) is 0 Å². The van der Waals surface area contributed by atoms with Crippen LogP contribution in [0.5, 0.6) is 0 Å². The van der Waals surface area contributed by atoms with E-state index in [1.807, 2.05) is 111 Å². The van der Waals surface area contributed by atoms with Crippen molar-refractivity contribution in [2.45, 2.75) is 57.8 Å². The van der Waals surface area contributed by atoms with Crippen molar-refractivity contribution in [3.05, 3.63) is 109 Å². The van der Waals surface area contributed by atoms with Gasteiger partial charge in [-0.25, -0.2) is 0 Å². The van der Waals surface area contributed by atoms with Gasteiger partial charge < -0.3 is 0 Å². The molecule has 292 valence electrons. The summed E-state index contributed by atoms with van der Waals surface area (Å²) in [5.41, 5.74) is 0. The van der Waals surface area contributed by atoms with E-state index < -0.39 is 0 Å². The molecule has 9 nitrogen and oxygen atoms in total. The van der Waals surface area contributed by atoms with E-state index in [9.17, 15) is 0 Å². The molecule has 0 radical (unpaired) electrons. The van der Waals surface area contributed by atoms with Gasteiger partial charge >= 0.3 is 37.7 Å². The van der Waals surface area contributed by atoms with E-state index in [4.69, 9.17) is 0 Å². The first-order valence-corrected chi connectivity index (χ1v) is 19.3. The summed E-state index contributed by atoms with van der Waals surface area (Å²) in [5.74, 6) is 0. The zero-order valence-electron chi connectivity index (χ0n) is 32.3. The van der Waals surface area contributed by atoms with Crippen molar-refractivity contribution < 1.29 is 0 Å². The predicted octanol–water partition coefficient (Wildman–Crippen LogP) is 8.24. The van der Waals surface area contributed by atoms with Crippen LogP contribution in [-0.2, 0) is 0 Å². The minimum absolute atomic E-state index is 0. The second-order valence-corrected chi connectivity index (χ2v) is 11.4. The maximum absolute atomic E-state index is 3.97. The Morgan fingerprint density at radius 3 is 0.309 bits per heavy atom. The van der Waals surface area contributed by atoms with Crippen LogP contribution in [0.1, 0.15) is 57.8 Å². The van der Waals surface area contributed by atoms with Crippen LogP contribution in [0.3, 0.4) is 0 Å². The number of hydrogen-bond acceptors (Lipinski definition) is 9. The number of hydrogen-bond donors (Lipinski definition) is 0. The number of rotatable bonds is 0. The second kappa shape index (κ2) is 48.0. The van der Waals surface area contributed by atoms with Crippen molar-refractivity contribution in [3.63, 3.8) is 0 Å². The molecule has 0 N–H and O–H groups in total. The van der Waals surface area contributed by atoms with Crippen LogP contribution in [0, 0.1) is 0 Å². The Morgan fingerprint density at radius 1 is 0.182 bits per heavy atom. The number of aliphatic imine (C=N–C) groups is 9. The van der Waals surface area contributed by atoms with Gasteiger partial charge in [-0.05, 0) is 112 Å². The third-order valence-corrected chi connectivity index (χ3v) is 6.77. The zero-order valence-corrected chi connectivity index (χ0v) is 32.3. The molecule has 0 aromatic rings. The average Bonchev–Trinajstić information content (AvgIpc) is 3.33.